The van der Waals surface area contributed by atoms with Crippen LogP contribution in [0, 0.1) is 0 Å². The Morgan fingerprint density at radius 2 is 1.95 bits per heavy atom. The number of hydrogen-bond donors (Lipinski definition) is 1. The van der Waals surface area contributed by atoms with Crippen LogP contribution in [0.4, 0.5) is 17.3 Å². The minimum Gasteiger partial charge on any atom is -0.384 e. The predicted molar refractivity (Wildman–Crippen MR) is 86.9 cm³/mol. The molecule has 2 aromatic rings. The molecule has 4 heteroatoms. The van der Waals surface area contributed by atoms with E-state index < -0.39 is 0 Å². The van der Waals surface area contributed by atoms with Crippen LogP contribution >= 0.6 is 0 Å². The van der Waals surface area contributed by atoms with Crippen LogP contribution in [0.1, 0.15) is 44.0 Å². The summed E-state index contributed by atoms with van der Waals surface area (Å²) in [4.78, 5) is 11.4. The van der Waals surface area contributed by atoms with Crippen LogP contribution in [-0.4, -0.2) is 16.5 Å². The molecule has 2 heterocycles. The summed E-state index contributed by atoms with van der Waals surface area (Å²) in [6.45, 7) is 5.16. The lowest BCUT2D eigenvalue weighted by Crippen LogP contribution is -2.20. The molecular formula is C17H22N4. The summed E-state index contributed by atoms with van der Waals surface area (Å²) < 4.78 is 0. The van der Waals surface area contributed by atoms with Gasteiger partial charge in [0, 0.05) is 24.2 Å². The second-order valence-electron chi connectivity index (χ2n) is 5.90. The molecule has 0 radical (unpaired) electrons. The van der Waals surface area contributed by atoms with Crippen LogP contribution in [0.25, 0.3) is 0 Å². The lowest BCUT2D eigenvalue weighted by atomic mass is 10.1. The third kappa shape index (κ3) is 2.84. The SMILES string of the molecule is CC(C)c1nc(N)cc(N2CCCCc3ccccc32)n1. The molecule has 1 aliphatic rings. The Morgan fingerprint density at radius 1 is 1.14 bits per heavy atom. The fourth-order valence-electron chi connectivity index (χ4n) is 2.80. The van der Waals surface area contributed by atoms with Crippen molar-refractivity contribution >= 4 is 17.3 Å². The summed E-state index contributed by atoms with van der Waals surface area (Å²) in [7, 11) is 0. The quantitative estimate of drug-likeness (QED) is 0.913. The van der Waals surface area contributed by atoms with Gasteiger partial charge >= 0.3 is 0 Å². The number of rotatable bonds is 2. The number of nitrogen functional groups attached to an aromatic ring is 1. The Balaban J connectivity index is 2.07. The summed E-state index contributed by atoms with van der Waals surface area (Å²) in [5.74, 6) is 2.55. The number of aromatic nitrogens is 2. The Morgan fingerprint density at radius 3 is 2.76 bits per heavy atom. The van der Waals surface area contributed by atoms with Crippen LogP contribution < -0.4 is 10.6 Å². The number of nitrogens with two attached hydrogens (primary N) is 1. The first-order chi connectivity index (χ1) is 10.1. The van der Waals surface area contributed by atoms with Crippen molar-refractivity contribution in [3.63, 3.8) is 0 Å². The van der Waals surface area contributed by atoms with Gasteiger partial charge in [0.25, 0.3) is 0 Å². The predicted octanol–water partition coefficient (Wildman–Crippen LogP) is 3.66. The van der Waals surface area contributed by atoms with E-state index >= 15 is 0 Å². The zero-order valence-electron chi connectivity index (χ0n) is 12.7. The zero-order chi connectivity index (χ0) is 14.8. The van der Waals surface area contributed by atoms with Crippen molar-refractivity contribution in [2.75, 3.05) is 17.2 Å². The van der Waals surface area contributed by atoms with Crippen molar-refractivity contribution in [1.82, 2.24) is 9.97 Å². The highest BCUT2D eigenvalue weighted by atomic mass is 15.2. The molecule has 0 saturated carbocycles. The first kappa shape index (κ1) is 13.9. The van der Waals surface area contributed by atoms with Gasteiger partial charge in [0.2, 0.25) is 0 Å². The average molecular weight is 282 g/mol. The Kier molecular flexibility index (Phi) is 3.78. The number of hydrogen-bond acceptors (Lipinski definition) is 4. The molecule has 0 amide bonds. The highest BCUT2D eigenvalue weighted by molar-refractivity contribution is 5.66. The van der Waals surface area contributed by atoms with Crippen LogP contribution in [0.3, 0.4) is 0 Å². The van der Waals surface area contributed by atoms with Crippen LogP contribution in [0.5, 0.6) is 0 Å². The van der Waals surface area contributed by atoms with E-state index in [-0.39, 0.29) is 5.92 Å². The second kappa shape index (κ2) is 5.72. The Hall–Kier alpha value is -2.10. The number of benzene rings is 1. The maximum atomic E-state index is 5.99. The molecule has 2 N–H and O–H groups in total. The van der Waals surface area contributed by atoms with Gasteiger partial charge < -0.3 is 10.6 Å². The topological polar surface area (TPSA) is 55.0 Å². The number of para-hydroxylation sites is 1. The van der Waals surface area contributed by atoms with Crippen LogP contribution in [-0.2, 0) is 6.42 Å². The van der Waals surface area contributed by atoms with E-state index in [4.69, 9.17) is 10.7 Å². The molecule has 1 aromatic heterocycles. The number of fused-ring (bicyclic) bond motifs is 1. The summed E-state index contributed by atoms with van der Waals surface area (Å²) in [6.07, 6.45) is 3.50. The Bertz CT molecular complexity index is 636. The monoisotopic (exact) mass is 282 g/mol. The van der Waals surface area contributed by atoms with E-state index in [0.29, 0.717) is 5.82 Å². The molecule has 0 fully saturated rings. The van der Waals surface area contributed by atoms with E-state index in [0.717, 1.165) is 31.0 Å². The third-order valence-electron chi connectivity index (χ3n) is 3.90. The van der Waals surface area contributed by atoms with Gasteiger partial charge in [-0.25, -0.2) is 9.97 Å². The van der Waals surface area contributed by atoms with Gasteiger partial charge in [0.1, 0.15) is 17.5 Å². The van der Waals surface area contributed by atoms with E-state index in [1.165, 1.54) is 17.7 Å². The van der Waals surface area contributed by atoms with Crippen molar-refractivity contribution in [2.45, 2.75) is 39.0 Å². The molecule has 0 saturated heterocycles. The molecule has 0 atom stereocenters. The van der Waals surface area contributed by atoms with Gasteiger partial charge in [-0.3, -0.25) is 0 Å². The molecule has 1 aliphatic heterocycles. The smallest absolute Gasteiger partial charge is 0.138 e. The minimum absolute atomic E-state index is 0.273. The van der Waals surface area contributed by atoms with Crippen LogP contribution in [0.15, 0.2) is 30.3 Å². The van der Waals surface area contributed by atoms with E-state index in [9.17, 15) is 0 Å². The van der Waals surface area contributed by atoms with Crippen molar-refractivity contribution in [3.05, 3.63) is 41.7 Å². The molecule has 0 aliphatic carbocycles. The third-order valence-corrected chi connectivity index (χ3v) is 3.90. The first-order valence-electron chi connectivity index (χ1n) is 7.65. The van der Waals surface area contributed by atoms with Gasteiger partial charge in [0.15, 0.2) is 0 Å². The number of anilines is 3. The highest BCUT2D eigenvalue weighted by Crippen LogP contribution is 2.32. The fourth-order valence-corrected chi connectivity index (χ4v) is 2.80. The molecule has 21 heavy (non-hydrogen) atoms. The number of aryl methyl sites for hydroxylation is 1. The Labute approximate surface area is 126 Å². The minimum atomic E-state index is 0.273. The number of nitrogens with zero attached hydrogens (tertiary/aromatic N) is 3. The van der Waals surface area contributed by atoms with Gasteiger partial charge in [0.05, 0.1) is 0 Å². The van der Waals surface area contributed by atoms with E-state index in [2.05, 4.69) is 48.0 Å². The maximum absolute atomic E-state index is 5.99. The van der Waals surface area contributed by atoms with Crippen molar-refractivity contribution < 1.29 is 0 Å². The molecule has 4 nitrogen and oxygen atoms in total. The van der Waals surface area contributed by atoms with E-state index in [1.54, 1.807) is 0 Å². The highest BCUT2D eigenvalue weighted by Gasteiger charge is 2.19. The normalized spacial score (nSPS) is 14.9. The molecule has 0 unspecified atom stereocenters. The molecule has 0 bridgehead atoms. The first-order valence-corrected chi connectivity index (χ1v) is 7.65. The largest absolute Gasteiger partial charge is 0.384 e. The molecule has 110 valence electrons. The lowest BCUT2D eigenvalue weighted by Gasteiger charge is -2.24. The molecule has 0 spiro atoms. The summed E-state index contributed by atoms with van der Waals surface area (Å²) in [5, 5.41) is 0. The molecule has 1 aromatic carbocycles. The summed E-state index contributed by atoms with van der Waals surface area (Å²) >= 11 is 0. The maximum Gasteiger partial charge on any atom is 0.138 e. The summed E-state index contributed by atoms with van der Waals surface area (Å²) in [6, 6.07) is 10.5. The van der Waals surface area contributed by atoms with Crippen molar-refractivity contribution in [2.24, 2.45) is 0 Å². The summed E-state index contributed by atoms with van der Waals surface area (Å²) in [5.41, 5.74) is 8.63. The second-order valence-corrected chi connectivity index (χ2v) is 5.90. The van der Waals surface area contributed by atoms with Gasteiger partial charge in [-0.1, -0.05) is 32.0 Å². The van der Waals surface area contributed by atoms with Crippen molar-refractivity contribution in [3.8, 4) is 0 Å². The van der Waals surface area contributed by atoms with Gasteiger partial charge in [-0.2, -0.15) is 0 Å². The average Bonchev–Trinajstić information content (AvgIpc) is 2.69. The molecule has 3 rings (SSSR count). The standard InChI is InChI=1S/C17H22N4/c1-12(2)17-19-15(18)11-16(20-17)21-10-6-5-8-13-7-3-4-9-14(13)21/h3-4,7,9,11-12H,5-6,8,10H2,1-2H3,(H2,18,19,20). The van der Waals surface area contributed by atoms with E-state index in [1.807, 2.05) is 6.07 Å². The zero-order valence-corrected chi connectivity index (χ0v) is 12.7. The fraction of sp³-hybridized carbons (Fsp3) is 0.412. The lowest BCUT2D eigenvalue weighted by molar-refractivity contribution is 0.744. The van der Waals surface area contributed by atoms with Crippen molar-refractivity contribution in [1.29, 1.82) is 0 Å². The van der Waals surface area contributed by atoms with Gasteiger partial charge in [-0.15, -0.1) is 0 Å². The van der Waals surface area contributed by atoms with Crippen LogP contribution in [0.2, 0.25) is 0 Å². The molecular weight excluding hydrogens is 260 g/mol. The van der Waals surface area contributed by atoms with Gasteiger partial charge in [-0.05, 0) is 30.9 Å².